The highest BCUT2D eigenvalue weighted by molar-refractivity contribution is 7.89. The van der Waals surface area contributed by atoms with Gasteiger partial charge in [0.2, 0.25) is 20.0 Å². The summed E-state index contributed by atoms with van der Waals surface area (Å²) < 4.78 is 63.2. The molecule has 6 aromatic carbocycles. The van der Waals surface area contributed by atoms with Gasteiger partial charge in [0, 0.05) is 24.2 Å². The molecule has 60 heavy (non-hydrogen) atoms. The number of fused-ring (bicyclic) bond motifs is 2. The Morgan fingerprint density at radius 2 is 1.15 bits per heavy atom. The number of ketones is 1. The predicted octanol–water partition coefficient (Wildman–Crippen LogP) is 10.6. The summed E-state index contributed by atoms with van der Waals surface area (Å²) in [5, 5.41) is 4.35. The second kappa shape index (κ2) is 17.9. The van der Waals surface area contributed by atoms with E-state index in [2.05, 4.69) is 30.9 Å². The maximum atomic E-state index is 13.8. The van der Waals surface area contributed by atoms with Crippen LogP contribution in [0.4, 0.5) is 0 Å². The number of rotatable bonds is 10. The molecule has 0 radical (unpaired) electrons. The van der Waals surface area contributed by atoms with Gasteiger partial charge in [0.05, 0.1) is 28.5 Å². The van der Waals surface area contributed by atoms with E-state index in [4.69, 9.17) is 4.74 Å². The summed E-state index contributed by atoms with van der Waals surface area (Å²) in [6.45, 7) is 12.1. The minimum atomic E-state index is -3.76. The Hall–Kier alpha value is -5.65. The van der Waals surface area contributed by atoms with Gasteiger partial charge in [0.15, 0.2) is 5.78 Å². The lowest BCUT2D eigenvalue weighted by atomic mass is 9.93. The lowest BCUT2D eigenvalue weighted by molar-refractivity contribution is -0.113. The molecule has 0 bridgehead atoms. The van der Waals surface area contributed by atoms with Gasteiger partial charge in [-0.25, -0.2) is 16.8 Å². The van der Waals surface area contributed by atoms with Gasteiger partial charge < -0.3 is 4.74 Å². The van der Waals surface area contributed by atoms with E-state index in [1.807, 2.05) is 106 Å². The number of carbonyl (C=O) groups is 1. The molecule has 6 aromatic rings. The molecule has 0 spiro atoms. The van der Waals surface area contributed by atoms with Gasteiger partial charge in [0.25, 0.3) is 0 Å². The number of hydrogen-bond donors (Lipinski definition) is 0. The van der Waals surface area contributed by atoms with Crippen LogP contribution in [0.2, 0.25) is 0 Å². The van der Waals surface area contributed by atoms with Crippen LogP contribution in [0.25, 0.3) is 21.5 Å². The Balaban J connectivity index is 0.000000182. The number of nitrogens with zero attached hydrogens (tertiary/aromatic N) is 2. The maximum Gasteiger partial charge on any atom is 0.243 e. The highest BCUT2D eigenvalue weighted by Crippen LogP contribution is 2.40. The van der Waals surface area contributed by atoms with Crippen LogP contribution in [0.3, 0.4) is 0 Å². The van der Waals surface area contributed by atoms with E-state index in [1.165, 1.54) is 11.2 Å². The molecule has 0 saturated carbocycles. The summed E-state index contributed by atoms with van der Waals surface area (Å²) in [5.74, 6) is 0.439. The molecule has 0 aliphatic carbocycles. The summed E-state index contributed by atoms with van der Waals surface area (Å²) in [7, 11) is -7.49. The Bertz CT molecular complexity index is 2840. The Labute approximate surface area is 354 Å². The second-order valence-corrected chi connectivity index (χ2v) is 19.1. The van der Waals surface area contributed by atoms with E-state index in [-0.39, 0.29) is 35.9 Å². The third kappa shape index (κ3) is 8.93. The summed E-state index contributed by atoms with van der Waals surface area (Å²) in [6.07, 6.45) is 4.97. The lowest BCUT2D eigenvalue weighted by Crippen LogP contribution is -2.39. The molecule has 2 atom stereocenters. The van der Waals surface area contributed by atoms with Crippen molar-refractivity contribution >= 4 is 47.4 Å². The van der Waals surface area contributed by atoms with E-state index >= 15 is 0 Å². The van der Waals surface area contributed by atoms with Crippen LogP contribution in [0, 0.1) is 13.8 Å². The van der Waals surface area contributed by atoms with Gasteiger partial charge in [-0.05, 0) is 104 Å². The zero-order chi connectivity index (χ0) is 42.6. The van der Waals surface area contributed by atoms with Crippen molar-refractivity contribution in [1.82, 2.24) is 8.61 Å². The first-order chi connectivity index (χ1) is 28.8. The first kappa shape index (κ1) is 42.5. The molecule has 2 aliphatic rings. The van der Waals surface area contributed by atoms with Crippen LogP contribution in [-0.2, 0) is 29.6 Å². The number of hydrogen-bond acceptors (Lipinski definition) is 6. The number of aryl methyl sites for hydroxylation is 2. The smallest absolute Gasteiger partial charge is 0.243 e. The summed E-state index contributed by atoms with van der Waals surface area (Å²) in [4.78, 5) is 12.5. The molecular formula is C50H50N2O6S2. The van der Waals surface area contributed by atoms with Gasteiger partial charge in [-0.15, -0.1) is 0 Å². The maximum absolute atomic E-state index is 13.8. The normalized spacial score (nSPS) is 17.6. The molecule has 308 valence electrons. The van der Waals surface area contributed by atoms with Crippen molar-refractivity contribution in [2.45, 2.75) is 62.4 Å². The molecular weight excluding hydrogens is 789 g/mol. The van der Waals surface area contributed by atoms with Gasteiger partial charge in [0.1, 0.15) is 5.76 Å². The average Bonchev–Trinajstić information content (AvgIpc) is 3.26. The number of carbonyl (C=O) groups excluding carboxylic acids is 1. The van der Waals surface area contributed by atoms with Crippen LogP contribution >= 0.6 is 0 Å². The molecule has 2 unspecified atom stereocenters. The van der Waals surface area contributed by atoms with Crippen LogP contribution in [-0.4, -0.2) is 50.9 Å². The van der Waals surface area contributed by atoms with Crippen molar-refractivity contribution in [1.29, 1.82) is 0 Å². The third-order valence-electron chi connectivity index (χ3n) is 11.2. The Morgan fingerprint density at radius 1 is 0.633 bits per heavy atom. The summed E-state index contributed by atoms with van der Waals surface area (Å²) in [5.41, 5.74) is 5.31. The zero-order valence-corrected chi connectivity index (χ0v) is 36.0. The van der Waals surface area contributed by atoms with Gasteiger partial charge >= 0.3 is 0 Å². The van der Waals surface area contributed by atoms with Gasteiger partial charge in [-0.1, -0.05) is 133 Å². The molecule has 0 aromatic heterocycles. The predicted molar refractivity (Wildman–Crippen MR) is 240 cm³/mol. The standard InChI is InChI=1S/C26H27NO3S.C24H23NO3S/c1-4-30-20(3)22-14-17-26(25-11-7-9-21-8-5-6-10-24(21)25)27(18-22)31(28,29)23-15-12-19(2)13-16-23;1-17-7-12-23(13-8-17)29(27,28)25-16-22(18(2)26)11-14-24(25)21-10-9-19-5-3-4-6-20(19)15-21/h5-16,26H,3-4,17-18H2,1-2H3;3-13,15,24H,14,16H2,1-2H3. The number of Topliss-reactive ketones (excluding diaryl/α,β-unsaturated/α-hetero) is 1. The molecule has 0 saturated heterocycles. The molecule has 2 heterocycles. The van der Waals surface area contributed by atoms with Crippen molar-refractivity contribution in [2.75, 3.05) is 19.7 Å². The van der Waals surface area contributed by atoms with E-state index in [9.17, 15) is 21.6 Å². The zero-order valence-electron chi connectivity index (χ0n) is 34.4. The fourth-order valence-corrected chi connectivity index (χ4v) is 11.1. The van der Waals surface area contributed by atoms with Crippen LogP contribution in [0.5, 0.6) is 0 Å². The highest BCUT2D eigenvalue weighted by Gasteiger charge is 2.37. The molecule has 8 rings (SSSR count). The summed E-state index contributed by atoms with van der Waals surface area (Å²) in [6, 6.07) is 41.5. The Kier molecular flexibility index (Phi) is 12.7. The van der Waals surface area contributed by atoms with Gasteiger partial charge in [-0.2, -0.15) is 8.61 Å². The topological polar surface area (TPSA) is 101 Å². The molecule has 0 N–H and O–H groups in total. The van der Waals surface area contributed by atoms with Crippen molar-refractivity contribution in [3.8, 4) is 0 Å². The molecule has 0 amide bonds. The first-order valence-corrected chi connectivity index (χ1v) is 23.0. The fraction of sp³-hybridized carbons (Fsp3) is 0.220. The first-order valence-electron chi connectivity index (χ1n) is 20.1. The SMILES string of the molecule is C=C(OCC)C1=CCC(c2cccc3ccccc23)N(S(=O)(=O)c2ccc(C)cc2)C1.CC(=O)C1=CCC(c2ccc3ccccc3c2)N(S(=O)(=O)c2ccc(C)cc2)C1. The third-order valence-corrected chi connectivity index (χ3v) is 15.0. The van der Waals surface area contributed by atoms with Crippen molar-refractivity contribution in [3.63, 3.8) is 0 Å². The lowest BCUT2D eigenvalue weighted by Gasteiger charge is -2.35. The van der Waals surface area contributed by atoms with Crippen LogP contribution < -0.4 is 0 Å². The average molecular weight is 839 g/mol. The van der Waals surface area contributed by atoms with E-state index < -0.39 is 20.0 Å². The van der Waals surface area contributed by atoms with Crippen LogP contribution in [0.1, 0.15) is 61.0 Å². The fourth-order valence-electron chi connectivity index (χ4n) is 7.89. The number of benzene rings is 6. The summed E-state index contributed by atoms with van der Waals surface area (Å²) >= 11 is 0. The highest BCUT2D eigenvalue weighted by atomic mass is 32.2. The van der Waals surface area contributed by atoms with E-state index in [0.717, 1.165) is 49.4 Å². The molecule has 8 nitrogen and oxygen atoms in total. The monoisotopic (exact) mass is 838 g/mol. The van der Waals surface area contributed by atoms with Crippen molar-refractivity contribution in [2.24, 2.45) is 0 Å². The minimum Gasteiger partial charge on any atom is -0.494 e. The molecule has 0 fully saturated rings. The van der Waals surface area contributed by atoms with Crippen LogP contribution in [0.15, 0.2) is 179 Å². The minimum absolute atomic E-state index is 0.0863. The van der Waals surface area contributed by atoms with Crippen molar-refractivity contribution < 1.29 is 26.4 Å². The van der Waals surface area contributed by atoms with Crippen molar-refractivity contribution in [3.05, 3.63) is 191 Å². The van der Waals surface area contributed by atoms with E-state index in [0.29, 0.717) is 35.7 Å². The largest absolute Gasteiger partial charge is 0.494 e. The van der Waals surface area contributed by atoms with E-state index in [1.54, 1.807) is 40.7 Å². The Morgan fingerprint density at radius 3 is 1.77 bits per heavy atom. The molecule has 2 aliphatic heterocycles. The second-order valence-electron chi connectivity index (χ2n) is 15.3. The number of sulfonamides is 2. The molecule has 10 heteroatoms. The quantitative estimate of drug-likeness (QED) is 0.127. The number of ether oxygens (including phenoxy) is 1. The van der Waals surface area contributed by atoms with Gasteiger partial charge in [-0.3, -0.25) is 4.79 Å².